The smallest absolute Gasteiger partial charge is 0.236 e. The summed E-state index contributed by atoms with van der Waals surface area (Å²) in [5.74, 6) is -0.0485. The van der Waals surface area contributed by atoms with Crippen LogP contribution in [-0.4, -0.2) is 13.4 Å². The van der Waals surface area contributed by atoms with Gasteiger partial charge in [-0.1, -0.05) is 24.3 Å². The number of rotatable bonds is 5. The summed E-state index contributed by atoms with van der Waals surface area (Å²) in [5, 5.41) is 0.926. The van der Waals surface area contributed by atoms with Gasteiger partial charge in [0.05, 0.1) is 16.0 Å². The standard InChI is InChI=1S/C23H22N2O2S2/c1-15-4-11-21-22(12-15)28-23(24-21)19-7-9-20(10-8-19)25-29(26,27)14-18-6-5-16(2)17(3)13-18/h4-13,25H,14H2,1-3H3. The molecule has 29 heavy (non-hydrogen) atoms. The third-order valence-electron chi connectivity index (χ3n) is 4.88. The van der Waals surface area contributed by atoms with Gasteiger partial charge in [0.15, 0.2) is 0 Å². The van der Waals surface area contributed by atoms with Crippen molar-refractivity contribution in [2.45, 2.75) is 26.5 Å². The van der Waals surface area contributed by atoms with E-state index in [1.165, 1.54) is 5.56 Å². The lowest BCUT2D eigenvalue weighted by Gasteiger charge is -2.10. The number of nitrogens with one attached hydrogen (secondary N) is 1. The fourth-order valence-electron chi connectivity index (χ4n) is 3.16. The van der Waals surface area contributed by atoms with E-state index >= 15 is 0 Å². The van der Waals surface area contributed by atoms with Crippen LogP contribution < -0.4 is 4.72 Å². The molecule has 0 saturated heterocycles. The predicted molar refractivity (Wildman–Crippen MR) is 122 cm³/mol. The fourth-order valence-corrected chi connectivity index (χ4v) is 5.42. The average Bonchev–Trinajstić information content (AvgIpc) is 3.08. The quantitative estimate of drug-likeness (QED) is 0.440. The van der Waals surface area contributed by atoms with Crippen molar-refractivity contribution in [2.24, 2.45) is 0 Å². The van der Waals surface area contributed by atoms with Gasteiger partial charge in [-0.2, -0.15) is 0 Å². The minimum atomic E-state index is -3.48. The number of sulfonamides is 1. The monoisotopic (exact) mass is 422 g/mol. The highest BCUT2D eigenvalue weighted by Crippen LogP contribution is 2.31. The molecule has 1 aromatic heterocycles. The number of fused-ring (bicyclic) bond motifs is 1. The first kappa shape index (κ1) is 19.6. The molecule has 0 aliphatic rings. The maximum Gasteiger partial charge on any atom is 0.236 e. The van der Waals surface area contributed by atoms with E-state index in [1.807, 2.05) is 50.2 Å². The van der Waals surface area contributed by atoms with E-state index in [1.54, 1.807) is 23.5 Å². The van der Waals surface area contributed by atoms with Crippen LogP contribution in [0.5, 0.6) is 0 Å². The molecular formula is C23H22N2O2S2. The van der Waals surface area contributed by atoms with E-state index < -0.39 is 10.0 Å². The molecule has 0 unspecified atom stereocenters. The highest BCUT2D eigenvalue weighted by atomic mass is 32.2. The van der Waals surface area contributed by atoms with Crippen LogP contribution in [0, 0.1) is 20.8 Å². The number of hydrogen-bond donors (Lipinski definition) is 1. The molecule has 0 spiro atoms. The van der Waals surface area contributed by atoms with Crippen LogP contribution in [-0.2, 0) is 15.8 Å². The molecule has 4 aromatic rings. The van der Waals surface area contributed by atoms with Gasteiger partial charge in [-0.25, -0.2) is 13.4 Å². The topological polar surface area (TPSA) is 59.1 Å². The molecule has 1 heterocycles. The molecule has 0 saturated carbocycles. The number of hydrogen-bond acceptors (Lipinski definition) is 4. The second kappa shape index (κ2) is 7.61. The van der Waals surface area contributed by atoms with Crippen molar-refractivity contribution in [2.75, 3.05) is 4.72 Å². The largest absolute Gasteiger partial charge is 0.283 e. The van der Waals surface area contributed by atoms with Crippen LogP contribution in [0.3, 0.4) is 0 Å². The molecule has 0 radical (unpaired) electrons. The molecule has 0 amide bonds. The summed E-state index contributed by atoms with van der Waals surface area (Å²) in [6.45, 7) is 6.07. The van der Waals surface area contributed by atoms with E-state index in [9.17, 15) is 8.42 Å². The van der Waals surface area contributed by atoms with Crippen molar-refractivity contribution in [1.82, 2.24) is 4.98 Å². The summed E-state index contributed by atoms with van der Waals surface area (Å²) in [6.07, 6.45) is 0. The first-order valence-corrected chi connectivity index (χ1v) is 11.8. The van der Waals surface area contributed by atoms with Crippen molar-refractivity contribution in [3.05, 3.63) is 82.9 Å². The van der Waals surface area contributed by atoms with Gasteiger partial charge < -0.3 is 0 Å². The molecule has 148 valence electrons. The van der Waals surface area contributed by atoms with Gasteiger partial charge in [0.2, 0.25) is 10.0 Å². The Morgan fingerprint density at radius 1 is 0.897 bits per heavy atom. The summed E-state index contributed by atoms with van der Waals surface area (Å²) in [5.41, 5.74) is 6.74. The predicted octanol–water partition coefficient (Wildman–Crippen LogP) is 5.83. The first-order chi connectivity index (χ1) is 13.8. The Bertz CT molecular complexity index is 1290. The fraction of sp³-hybridized carbons (Fsp3) is 0.174. The highest BCUT2D eigenvalue weighted by Gasteiger charge is 2.13. The summed E-state index contributed by atoms with van der Waals surface area (Å²) in [6, 6.07) is 19.3. The lowest BCUT2D eigenvalue weighted by atomic mass is 10.1. The molecule has 0 aliphatic heterocycles. The van der Waals surface area contributed by atoms with Gasteiger partial charge >= 0.3 is 0 Å². The second-order valence-electron chi connectivity index (χ2n) is 7.35. The Morgan fingerprint density at radius 2 is 1.66 bits per heavy atom. The van der Waals surface area contributed by atoms with Gasteiger partial charge in [0.1, 0.15) is 5.01 Å². The molecule has 3 aromatic carbocycles. The van der Waals surface area contributed by atoms with Crippen LogP contribution >= 0.6 is 11.3 Å². The Kier molecular flexibility index (Phi) is 5.15. The van der Waals surface area contributed by atoms with Crippen molar-refractivity contribution in [3.63, 3.8) is 0 Å². The van der Waals surface area contributed by atoms with Gasteiger partial charge in [0, 0.05) is 11.3 Å². The van der Waals surface area contributed by atoms with Gasteiger partial charge in [-0.15, -0.1) is 11.3 Å². The maximum absolute atomic E-state index is 12.5. The normalized spacial score (nSPS) is 11.7. The minimum absolute atomic E-state index is 0.0485. The lowest BCUT2D eigenvalue weighted by Crippen LogP contribution is -2.15. The molecule has 0 atom stereocenters. The number of anilines is 1. The lowest BCUT2D eigenvalue weighted by molar-refractivity contribution is 0.600. The number of aromatic nitrogens is 1. The van der Waals surface area contributed by atoms with Crippen LogP contribution in [0.2, 0.25) is 0 Å². The van der Waals surface area contributed by atoms with Gasteiger partial charge in [-0.3, -0.25) is 4.72 Å². The van der Waals surface area contributed by atoms with Crippen molar-refractivity contribution in [1.29, 1.82) is 0 Å². The molecule has 6 heteroatoms. The highest BCUT2D eigenvalue weighted by molar-refractivity contribution is 7.91. The Balaban J connectivity index is 1.51. The van der Waals surface area contributed by atoms with Crippen LogP contribution in [0.15, 0.2) is 60.7 Å². The van der Waals surface area contributed by atoms with E-state index in [2.05, 4.69) is 28.8 Å². The number of nitrogens with zero attached hydrogens (tertiary/aromatic N) is 1. The summed E-state index contributed by atoms with van der Waals surface area (Å²) >= 11 is 1.64. The van der Waals surface area contributed by atoms with Crippen molar-refractivity contribution >= 4 is 37.3 Å². The zero-order valence-corrected chi connectivity index (χ0v) is 18.2. The van der Waals surface area contributed by atoms with Gasteiger partial charge in [0.25, 0.3) is 0 Å². The zero-order valence-electron chi connectivity index (χ0n) is 16.6. The molecule has 4 nitrogen and oxygen atoms in total. The summed E-state index contributed by atoms with van der Waals surface area (Å²) < 4.78 is 28.9. The maximum atomic E-state index is 12.5. The molecule has 0 aliphatic carbocycles. The number of aryl methyl sites for hydroxylation is 3. The van der Waals surface area contributed by atoms with Crippen LogP contribution in [0.4, 0.5) is 5.69 Å². The number of benzene rings is 3. The minimum Gasteiger partial charge on any atom is -0.283 e. The third kappa shape index (κ3) is 4.49. The zero-order chi connectivity index (χ0) is 20.6. The SMILES string of the molecule is Cc1ccc2nc(-c3ccc(NS(=O)(=O)Cc4ccc(C)c(C)c4)cc3)sc2c1. The van der Waals surface area contributed by atoms with E-state index in [0.29, 0.717) is 5.69 Å². The Labute approximate surface area is 175 Å². The summed E-state index contributed by atoms with van der Waals surface area (Å²) in [7, 11) is -3.48. The van der Waals surface area contributed by atoms with Crippen LogP contribution in [0.25, 0.3) is 20.8 Å². The number of thiazole rings is 1. The van der Waals surface area contributed by atoms with Gasteiger partial charge in [-0.05, 0) is 79.4 Å². The molecule has 0 fully saturated rings. The summed E-state index contributed by atoms with van der Waals surface area (Å²) in [4.78, 5) is 4.68. The Hall–Kier alpha value is -2.70. The van der Waals surface area contributed by atoms with Crippen molar-refractivity contribution < 1.29 is 8.42 Å². The van der Waals surface area contributed by atoms with E-state index in [-0.39, 0.29) is 5.75 Å². The molecule has 1 N–H and O–H groups in total. The molecule has 0 bridgehead atoms. The van der Waals surface area contributed by atoms with E-state index in [4.69, 9.17) is 0 Å². The molecule has 4 rings (SSSR count). The van der Waals surface area contributed by atoms with E-state index in [0.717, 1.165) is 37.5 Å². The average molecular weight is 423 g/mol. The first-order valence-electron chi connectivity index (χ1n) is 9.33. The Morgan fingerprint density at radius 3 is 2.38 bits per heavy atom. The van der Waals surface area contributed by atoms with Crippen molar-refractivity contribution in [3.8, 4) is 10.6 Å². The van der Waals surface area contributed by atoms with Crippen LogP contribution in [0.1, 0.15) is 22.3 Å². The molecular weight excluding hydrogens is 400 g/mol. The third-order valence-corrected chi connectivity index (χ3v) is 7.20. The second-order valence-corrected chi connectivity index (χ2v) is 10.1.